The van der Waals surface area contributed by atoms with Gasteiger partial charge in [-0.3, -0.25) is 4.79 Å². The smallest absolute Gasteiger partial charge is 0.252 e. The molecule has 1 amide bonds. The summed E-state index contributed by atoms with van der Waals surface area (Å²) in [4.78, 5) is 12.0. The fraction of sp³-hybridized carbons (Fsp3) is 0.235. The van der Waals surface area contributed by atoms with Gasteiger partial charge >= 0.3 is 0 Å². The predicted molar refractivity (Wildman–Crippen MR) is 85.9 cm³/mol. The zero-order chi connectivity index (χ0) is 16.2. The van der Waals surface area contributed by atoms with Crippen molar-refractivity contribution in [3.05, 3.63) is 58.6 Å². The van der Waals surface area contributed by atoms with E-state index in [-0.39, 0.29) is 12.7 Å². The third-order valence-electron chi connectivity index (χ3n) is 3.60. The van der Waals surface area contributed by atoms with Gasteiger partial charge in [0.2, 0.25) is 6.79 Å². The van der Waals surface area contributed by atoms with E-state index < -0.39 is 6.10 Å². The van der Waals surface area contributed by atoms with E-state index in [2.05, 4.69) is 5.32 Å². The minimum Gasteiger partial charge on any atom is -0.454 e. The molecule has 0 saturated carbocycles. The largest absolute Gasteiger partial charge is 0.454 e. The number of halogens is 1. The van der Waals surface area contributed by atoms with E-state index in [1.807, 2.05) is 0 Å². The predicted octanol–water partition coefficient (Wildman–Crippen LogP) is 2.92. The molecule has 6 heteroatoms. The molecule has 5 nitrogen and oxygen atoms in total. The summed E-state index contributed by atoms with van der Waals surface area (Å²) in [5, 5.41) is 13.4. The summed E-state index contributed by atoms with van der Waals surface area (Å²) < 4.78 is 10.5. The third kappa shape index (κ3) is 3.57. The topological polar surface area (TPSA) is 67.8 Å². The number of nitrogens with one attached hydrogen (secondary N) is 1. The fourth-order valence-corrected chi connectivity index (χ4v) is 2.57. The Morgan fingerprint density at radius 3 is 2.83 bits per heavy atom. The minimum absolute atomic E-state index is 0.197. The number of aliphatic hydroxyl groups is 1. The van der Waals surface area contributed by atoms with Crippen LogP contribution >= 0.6 is 11.6 Å². The van der Waals surface area contributed by atoms with E-state index in [0.717, 1.165) is 5.56 Å². The highest BCUT2D eigenvalue weighted by molar-refractivity contribution is 6.33. The number of carbonyl (C=O) groups excluding carboxylic acids is 1. The number of carbonyl (C=O) groups is 1. The Morgan fingerprint density at radius 2 is 2.00 bits per heavy atom. The normalized spacial score (nSPS) is 13.7. The van der Waals surface area contributed by atoms with Crippen molar-refractivity contribution in [2.45, 2.75) is 12.5 Å². The zero-order valence-corrected chi connectivity index (χ0v) is 13.0. The molecule has 0 aromatic heterocycles. The van der Waals surface area contributed by atoms with E-state index in [1.165, 1.54) is 0 Å². The number of fused-ring (bicyclic) bond motifs is 1. The Bertz CT molecular complexity index is 719. The number of benzene rings is 2. The number of hydrogen-bond acceptors (Lipinski definition) is 4. The monoisotopic (exact) mass is 333 g/mol. The quantitative estimate of drug-likeness (QED) is 0.882. The van der Waals surface area contributed by atoms with Gasteiger partial charge < -0.3 is 19.9 Å². The number of amides is 1. The highest BCUT2D eigenvalue weighted by Crippen LogP contribution is 2.34. The molecule has 0 radical (unpaired) electrons. The van der Waals surface area contributed by atoms with Crippen molar-refractivity contribution in [1.82, 2.24) is 5.32 Å². The van der Waals surface area contributed by atoms with Gasteiger partial charge in [0.15, 0.2) is 11.5 Å². The lowest BCUT2D eigenvalue weighted by molar-refractivity contribution is 0.0942. The highest BCUT2D eigenvalue weighted by atomic mass is 35.5. The van der Waals surface area contributed by atoms with Crippen LogP contribution in [0.4, 0.5) is 0 Å². The average molecular weight is 334 g/mol. The summed E-state index contributed by atoms with van der Waals surface area (Å²) in [6.07, 6.45) is -0.313. The Kier molecular flexibility index (Phi) is 4.69. The second kappa shape index (κ2) is 6.89. The van der Waals surface area contributed by atoms with Gasteiger partial charge in [0.25, 0.3) is 5.91 Å². The van der Waals surface area contributed by atoms with Crippen LogP contribution in [0.1, 0.15) is 28.4 Å². The standard InChI is InChI=1S/C17H16ClNO4/c18-13-4-2-1-3-12(13)17(21)19-8-7-14(20)11-5-6-15-16(9-11)23-10-22-15/h1-6,9,14,20H,7-8,10H2,(H,19,21). The molecule has 1 aliphatic heterocycles. The Labute approximate surface area is 138 Å². The molecular formula is C17H16ClNO4. The molecule has 3 rings (SSSR count). The first-order valence-corrected chi connectivity index (χ1v) is 7.63. The minimum atomic E-state index is -0.698. The lowest BCUT2D eigenvalue weighted by Crippen LogP contribution is -2.25. The SMILES string of the molecule is O=C(NCCC(O)c1ccc2c(c1)OCO2)c1ccccc1Cl. The summed E-state index contributed by atoms with van der Waals surface area (Å²) >= 11 is 5.97. The molecule has 120 valence electrons. The third-order valence-corrected chi connectivity index (χ3v) is 3.93. The van der Waals surface area contributed by atoms with Gasteiger partial charge in [-0.1, -0.05) is 29.8 Å². The molecule has 0 aliphatic carbocycles. The van der Waals surface area contributed by atoms with Crippen molar-refractivity contribution in [3.8, 4) is 11.5 Å². The van der Waals surface area contributed by atoms with Crippen molar-refractivity contribution in [2.75, 3.05) is 13.3 Å². The maximum Gasteiger partial charge on any atom is 0.252 e. The van der Waals surface area contributed by atoms with Crippen LogP contribution in [0.15, 0.2) is 42.5 Å². The summed E-state index contributed by atoms with van der Waals surface area (Å²) in [6, 6.07) is 12.1. The van der Waals surface area contributed by atoms with Crippen LogP contribution in [0.5, 0.6) is 11.5 Å². The lowest BCUT2D eigenvalue weighted by atomic mass is 10.1. The maximum atomic E-state index is 12.0. The van der Waals surface area contributed by atoms with Gasteiger partial charge in [0.05, 0.1) is 16.7 Å². The first-order valence-electron chi connectivity index (χ1n) is 7.25. The Hall–Kier alpha value is -2.24. The van der Waals surface area contributed by atoms with Crippen molar-refractivity contribution >= 4 is 17.5 Å². The maximum absolute atomic E-state index is 12.0. The molecule has 1 aliphatic rings. The van der Waals surface area contributed by atoms with Crippen LogP contribution in [0.3, 0.4) is 0 Å². The van der Waals surface area contributed by atoms with Crippen LogP contribution < -0.4 is 14.8 Å². The summed E-state index contributed by atoms with van der Waals surface area (Å²) in [6.45, 7) is 0.530. The number of ether oxygens (including phenoxy) is 2. The van der Waals surface area contributed by atoms with Crippen molar-refractivity contribution in [1.29, 1.82) is 0 Å². The first kappa shape index (κ1) is 15.6. The van der Waals surface area contributed by atoms with Gasteiger partial charge in [0, 0.05) is 6.54 Å². The van der Waals surface area contributed by atoms with Gasteiger partial charge in [-0.05, 0) is 36.2 Å². The van der Waals surface area contributed by atoms with E-state index in [1.54, 1.807) is 42.5 Å². The van der Waals surface area contributed by atoms with E-state index in [4.69, 9.17) is 21.1 Å². The van der Waals surface area contributed by atoms with Crippen LogP contribution in [-0.4, -0.2) is 24.4 Å². The van der Waals surface area contributed by atoms with Crippen LogP contribution in [-0.2, 0) is 0 Å². The van der Waals surface area contributed by atoms with Gasteiger partial charge in [-0.25, -0.2) is 0 Å². The van der Waals surface area contributed by atoms with E-state index >= 15 is 0 Å². The molecule has 0 saturated heterocycles. The molecule has 0 fully saturated rings. The summed E-state index contributed by atoms with van der Waals surface area (Å²) in [7, 11) is 0. The number of aliphatic hydroxyl groups excluding tert-OH is 1. The lowest BCUT2D eigenvalue weighted by Gasteiger charge is -2.12. The Morgan fingerprint density at radius 1 is 1.22 bits per heavy atom. The van der Waals surface area contributed by atoms with Crippen molar-refractivity contribution in [2.24, 2.45) is 0 Å². The van der Waals surface area contributed by atoms with E-state index in [0.29, 0.717) is 35.1 Å². The van der Waals surface area contributed by atoms with Crippen LogP contribution in [0, 0.1) is 0 Å². The van der Waals surface area contributed by atoms with Gasteiger partial charge in [-0.15, -0.1) is 0 Å². The summed E-state index contributed by atoms with van der Waals surface area (Å²) in [5.41, 5.74) is 1.15. The zero-order valence-electron chi connectivity index (χ0n) is 12.3. The second-order valence-electron chi connectivity index (χ2n) is 5.15. The van der Waals surface area contributed by atoms with Crippen molar-refractivity contribution in [3.63, 3.8) is 0 Å². The molecule has 1 heterocycles. The molecule has 2 aromatic carbocycles. The highest BCUT2D eigenvalue weighted by Gasteiger charge is 2.17. The number of rotatable bonds is 5. The molecule has 2 N–H and O–H groups in total. The first-order chi connectivity index (χ1) is 11.1. The fourth-order valence-electron chi connectivity index (χ4n) is 2.35. The molecule has 0 bridgehead atoms. The average Bonchev–Trinajstić information content (AvgIpc) is 3.02. The van der Waals surface area contributed by atoms with Crippen LogP contribution in [0.2, 0.25) is 5.02 Å². The molecule has 23 heavy (non-hydrogen) atoms. The summed E-state index contributed by atoms with van der Waals surface area (Å²) in [5.74, 6) is 1.04. The second-order valence-corrected chi connectivity index (χ2v) is 5.56. The number of hydrogen-bond donors (Lipinski definition) is 2. The molecular weight excluding hydrogens is 318 g/mol. The molecule has 2 aromatic rings. The van der Waals surface area contributed by atoms with Crippen LogP contribution in [0.25, 0.3) is 0 Å². The van der Waals surface area contributed by atoms with Gasteiger partial charge in [-0.2, -0.15) is 0 Å². The molecule has 0 spiro atoms. The van der Waals surface area contributed by atoms with E-state index in [9.17, 15) is 9.90 Å². The molecule has 1 atom stereocenters. The molecule has 1 unspecified atom stereocenters. The van der Waals surface area contributed by atoms with Gasteiger partial charge in [0.1, 0.15) is 0 Å². The van der Waals surface area contributed by atoms with Crippen molar-refractivity contribution < 1.29 is 19.4 Å². The Balaban J connectivity index is 1.54.